The summed E-state index contributed by atoms with van der Waals surface area (Å²) < 4.78 is 5.57. The van der Waals surface area contributed by atoms with E-state index in [1.807, 2.05) is 12.1 Å². The van der Waals surface area contributed by atoms with Crippen LogP contribution in [-0.4, -0.2) is 75.2 Å². The molecule has 28 heavy (non-hydrogen) atoms. The average Bonchev–Trinajstić information content (AvgIpc) is 3.03. The first-order chi connectivity index (χ1) is 13.4. The van der Waals surface area contributed by atoms with Gasteiger partial charge in [-0.15, -0.1) is 0 Å². The Kier molecular flexibility index (Phi) is 8.58. The van der Waals surface area contributed by atoms with Gasteiger partial charge in [0.1, 0.15) is 5.75 Å². The van der Waals surface area contributed by atoms with Gasteiger partial charge >= 0.3 is 0 Å². The minimum atomic E-state index is 0.153. The molecule has 0 amide bonds. The molecule has 0 radical (unpaired) electrons. The highest BCUT2D eigenvalue weighted by molar-refractivity contribution is 5.80. The van der Waals surface area contributed by atoms with Crippen molar-refractivity contribution in [2.24, 2.45) is 10.9 Å². The highest BCUT2D eigenvalue weighted by Gasteiger charge is 2.31. The van der Waals surface area contributed by atoms with E-state index in [0.29, 0.717) is 24.5 Å². The van der Waals surface area contributed by atoms with Crippen LogP contribution in [0.3, 0.4) is 0 Å². The zero-order valence-corrected chi connectivity index (χ0v) is 18.7. The van der Waals surface area contributed by atoms with Crippen LogP contribution in [0.2, 0.25) is 0 Å². The van der Waals surface area contributed by atoms with Gasteiger partial charge < -0.3 is 20.3 Å². The zero-order chi connectivity index (χ0) is 20.7. The molecule has 2 rings (SSSR count). The Morgan fingerprint density at radius 3 is 2.57 bits per heavy atom. The first-order valence-corrected chi connectivity index (χ1v) is 10.5. The molecule has 3 atom stereocenters. The Balaban J connectivity index is 2.13. The number of aliphatic imine (C=N–C) groups is 1. The van der Waals surface area contributed by atoms with E-state index in [9.17, 15) is 0 Å². The van der Waals surface area contributed by atoms with E-state index in [2.05, 4.69) is 74.4 Å². The van der Waals surface area contributed by atoms with Gasteiger partial charge in [-0.1, -0.05) is 25.1 Å². The number of rotatable bonds is 8. The zero-order valence-electron chi connectivity index (χ0n) is 18.7. The number of nitrogens with zero attached hydrogens (tertiary/aromatic N) is 3. The molecule has 1 heterocycles. The van der Waals surface area contributed by atoms with E-state index >= 15 is 0 Å². The molecule has 1 aromatic rings. The van der Waals surface area contributed by atoms with E-state index in [1.165, 1.54) is 0 Å². The number of likely N-dealkylation sites (N-methyl/N-ethyl adjacent to an activating group) is 1. The van der Waals surface area contributed by atoms with Gasteiger partial charge in [0.2, 0.25) is 0 Å². The smallest absolute Gasteiger partial charge is 0.191 e. The Morgan fingerprint density at radius 2 is 2.00 bits per heavy atom. The fourth-order valence-electron chi connectivity index (χ4n) is 3.77. The number of ether oxygens (including phenoxy) is 1. The second-order valence-electron chi connectivity index (χ2n) is 8.22. The first kappa shape index (κ1) is 22.5. The molecule has 0 aliphatic carbocycles. The van der Waals surface area contributed by atoms with E-state index < -0.39 is 0 Å². The molecule has 0 saturated carbocycles. The molecule has 0 bridgehead atoms. The summed E-state index contributed by atoms with van der Waals surface area (Å²) in [4.78, 5) is 9.66. The maximum absolute atomic E-state index is 5.57. The Morgan fingerprint density at radius 1 is 1.29 bits per heavy atom. The predicted molar refractivity (Wildman–Crippen MR) is 118 cm³/mol. The largest absolute Gasteiger partial charge is 0.496 e. The van der Waals surface area contributed by atoms with Crippen LogP contribution < -0.4 is 15.4 Å². The SMILES string of the molecule is CCNC(=NCC(c1ccccc1OC)N(C)C)NC1CN(C(C)C)CC1C. The van der Waals surface area contributed by atoms with Crippen LogP contribution in [-0.2, 0) is 0 Å². The van der Waals surface area contributed by atoms with Crippen molar-refractivity contribution in [2.75, 3.05) is 47.4 Å². The number of benzene rings is 1. The molecular weight excluding hydrogens is 350 g/mol. The summed E-state index contributed by atoms with van der Waals surface area (Å²) in [5.41, 5.74) is 1.16. The van der Waals surface area contributed by atoms with E-state index in [1.54, 1.807) is 7.11 Å². The Hall–Kier alpha value is -1.79. The minimum Gasteiger partial charge on any atom is -0.496 e. The number of para-hydroxylation sites is 1. The van der Waals surface area contributed by atoms with Crippen molar-refractivity contribution in [3.8, 4) is 5.75 Å². The third-order valence-electron chi connectivity index (χ3n) is 5.58. The van der Waals surface area contributed by atoms with Gasteiger partial charge in [-0.25, -0.2) is 0 Å². The molecule has 6 nitrogen and oxygen atoms in total. The molecule has 158 valence electrons. The molecule has 0 spiro atoms. The molecule has 3 unspecified atom stereocenters. The molecule has 6 heteroatoms. The fraction of sp³-hybridized carbons (Fsp3) is 0.682. The van der Waals surface area contributed by atoms with Crippen LogP contribution in [0.1, 0.15) is 39.3 Å². The first-order valence-electron chi connectivity index (χ1n) is 10.5. The van der Waals surface area contributed by atoms with Crippen LogP contribution in [0.15, 0.2) is 29.3 Å². The molecular formula is C22H39N5O. The summed E-state index contributed by atoms with van der Waals surface area (Å²) in [5.74, 6) is 2.41. The van der Waals surface area contributed by atoms with Crippen LogP contribution >= 0.6 is 0 Å². The third kappa shape index (κ3) is 5.85. The lowest BCUT2D eigenvalue weighted by Crippen LogP contribution is -2.47. The molecule has 1 aliphatic rings. The van der Waals surface area contributed by atoms with Gasteiger partial charge in [-0.05, 0) is 46.9 Å². The lowest BCUT2D eigenvalue weighted by Gasteiger charge is -2.26. The van der Waals surface area contributed by atoms with Crippen molar-refractivity contribution in [2.45, 2.75) is 45.8 Å². The number of likely N-dealkylation sites (tertiary alicyclic amines) is 1. The number of hydrogen-bond donors (Lipinski definition) is 2. The van der Waals surface area contributed by atoms with Crippen molar-refractivity contribution in [1.29, 1.82) is 0 Å². The van der Waals surface area contributed by atoms with Crippen LogP contribution in [0.5, 0.6) is 5.75 Å². The average molecular weight is 390 g/mol. The Labute approximate surface area is 171 Å². The van der Waals surface area contributed by atoms with Gasteiger partial charge in [0.15, 0.2) is 5.96 Å². The molecule has 1 aromatic carbocycles. The summed E-state index contributed by atoms with van der Waals surface area (Å²) in [6, 6.07) is 9.36. The quantitative estimate of drug-likeness (QED) is 0.529. The molecule has 1 fully saturated rings. The van der Waals surface area contributed by atoms with Crippen LogP contribution in [0.25, 0.3) is 0 Å². The summed E-state index contributed by atoms with van der Waals surface area (Å²) in [5, 5.41) is 7.09. The van der Waals surface area contributed by atoms with Gasteiger partial charge in [0, 0.05) is 37.3 Å². The maximum atomic E-state index is 5.57. The minimum absolute atomic E-state index is 0.153. The highest BCUT2D eigenvalue weighted by Crippen LogP contribution is 2.28. The normalized spacial score (nSPS) is 22.0. The third-order valence-corrected chi connectivity index (χ3v) is 5.58. The number of methoxy groups -OCH3 is 1. The fourth-order valence-corrected chi connectivity index (χ4v) is 3.77. The summed E-state index contributed by atoms with van der Waals surface area (Å²) >= 11 is 0. The number of guanidine groups is 1. The summed E-state index contributed by atoms with van der Waals surface area (Å²) in [6.45, 7) is 12.7. The van der Waals surface area contributed by atoms with Crippen LogP contribution in [0, 0.1) is 5.92 Å². The topological polar surface area (TPSA) is 52.1 Å². The lowest BCUT2D eigenvalue weighted by atomic mass is 10.0. The highest BCUT2D eigenvalue weighted by atomic mass is 16.5. The summed E-state index contributed by atoms with van der Waals surface area (Å²) in [6.07, 6.45) is 0. The van der Waals surface area contributed by atoms with Gasteiger partial charge in [-0.3, -0.25) is 9.89 Å². The van der Waals surface area contributed by atoms with E-state index in [4.69, 9.17) is 9.73 Å². The number of nitrogens with one attached hydrogen (secondary N) is 2. The molecule has 1 saturated heterocycles. The maximum Gasteiger partial charge on any atom is 0.191 e. The number of hydrogen-bond acceptors (Lipinski definition) is 4. The van der Waals surface area contributed by atoms with Gasteiger partial charge in [0.05, 0.1) is 19.7 Å². The van der Waals surface area contributed by atoms with Gasteiger partial charge in [0.25, 0.3) is 0 Å². The second-order valence-corrected chi connectivity index (χ2v) is 8.22. The standard InChI is InChI=1S/C22H39N5O/c1-8-23-22(25-19-15-27(16(2)3)14-17(19)4)24-13-20(26(5)6)18-11-9-10-12-21(18)28-7/h9-12,16-17,19-20H,8,13-15H2,1-7H3,(H2,23,24,25). The van der Waals surface area contributed by atoms with Crippen molar-refractivity contribution in [3.63, 3.8) is 0 Å². The van der Waals surface area contributed by atoms with Gasteiger partial charge in [-0.2, -0.15) is 0 Å². The van der Waals surface area contributed by atoms with Crippen molar-refractivity contribution in [1.82, 2.24) is 20.4 Å². The second kappa shape index (κ2) is 10.7. The van der Waals surface area contributed by atoms with E-state index in [0.717, 1.165) is 36.9 Å². The van der Waals surface area contributed by atoms with Crippen molar-refractivity contribution < 1.29 is 4.74 Å². The monoisotopic (exact) mass is 389 g/mol. The molecule has 2 N–H and O–H groups in total. The van der Waals surface area contributed by atoms with Crippen LogP contribution in [0.4, 0.5) is 0 Å². The molecule has 1 aliphatic heterocycles. The van der Waals surface area contributed by atoms with Crippen molar-refractivity contribution in [3.05, 3.63) is 29.8 Å². The summed E-state index contributed by atoms with van der Waals surface area (Å²) in [7, 11) is 5.90. The predicted octanol–water partition coefficient (Wildman–Crippen LogP) is 2.58. The lowest BCUT2D eigenvalue weighted by molar-refractivity contribution is 0.265. The Bertz CT molecular complexity index is 631. The van der Waals surface area contributed by atoms with E-state index in [-0.39, 0.29) is 6.04 Å². The van der Waals surface area contributed by atoms with Crippen molar-refractivity contribution >= 4 is 5.96 Å². The molecule has 0 aromatic heterocycles.